The van der Waals surface area contributed by atoms with E-state index in [1.807, 2.05) is 24.3 Å². The number of halogens is 2. The van der Waals surface area contributed by atoms with Crippen LogP contribution in [0.5, 0.6) is 5.75 Å². The maximum atomic E-state index is 6.06. The zero-order valence-corrected chi connectivity index (χ0v) is 14.4. The fourth-order valence-electron chi connectivity index (χ4n) is 1.81. The molecule has 0 saturated heterocycles. The monoisotopic (exact) mass is 373 g/mol. The summed E-state index contributed by atoms with van der Waals surface area (Å²) in [5.41, 5.74) is 1.10. The molecule has 0 saturated carbocycles. The maximum Gasteiger partial charge on any atom is 0.124 e. The molecule has 0 aliphatic heterocycles. The van der Waals surface area contributed by atoms with Gasteiger partial charge in [-0.1, -0.05) is 18.5 Å². The summed E-state index contributed by atoms with van der Waals surface area (Å²) in [4.78, 5) is 1.19. The van der Waals surface area contributed by atoms with Gasteiger partial charge in [0.2, 0.25) is 0 Å². The number of benzene rings is 1. The van der Waals surface area contributed by atoms with Crippen molar-refractivity contribution >= 4 is 38.9 Å². The van der Waals surface area contributed by atoms with Gasteiger partial charge in [0.15, 0.2) is 0 Å². The van der Waals surface area contributed by atoms with Crippen molar-refractivity contribution in [2.75, 3.05) is 6.54 Å². The number of nitrogens with one attached hydrogen (secondary N) is 1. The fourth-order valence-corrected chi connectivity index (χ4v) is 3.40. The highest BCUT2D eigenvalue weighted by Crippen LogP contribution is 2.26. The summed E-state index contributed by atoms with van der Waals surface area (Å²) in [6.07, 6.45) is 1.11. The third kappa shape index (κ3) is 4.77. The minimum absolute atomic E-state index is 0.582. The molecule has 0 aliphatic carbocycles. The molecule has 2 nitrogen and oxygen atoms in total. The molecule has 0 radical (unpaired) electrons. The van der Waals surface area contributed by atoms with Gasteiger partial charge in [0.1, 0.15) is 12.4 Å². The summed E-state index contributed by atoms with van der Waals surface area (Å²) in [6.45, 7) is 4.50. The molecule has 1 heterocycles. The Morgan fingerprint density at radius 2 is 2.15 bits per heavy atom. The molecule has 0 unspecified atom stereocenters. The first kappa shape index (κ1) is 15.8. The number of ether oxygens (including phenoxy) is 1. The van der Waals surface area contributed by atoms with Gasteiger partial charge in [-0.25, -0.2) is 0 Å². The summed E-state index contributed by atoms with van der Waals surface area (Å²) in [7, 11) is 0. The van der Waals surface area contributed by atoms with Crippen LogP contribution in [0.15, 0.2) is 34.1 Å². The molecule has 1 aromatic heterocycles. The minimum Gasteiger partial charge on any atom is -0.488 e. The zero-order chi connectivity index (χ0) is 14.4. The molecule has 5 heteroatoms. The van der Waals surface area contributed by atoms with E-state index < -0.39 is 0 Å². The molecule has 1 N–H and O–H groups in total. The zero-order valence-electron chi connectivity index (χ0n) is 11.3. The molecule has 20 heavy (non-hydrogen) atoms. The van der Waals surface area contributed by atoms with Crippen LogP contribution in [0.4, 0.5) is 0 Å². The van der Waals surface area contributed by atoms with Gasteiger partial charge in [-0.15, -0.1) is 11.3 Å². The Bertz CT molecular complexity index is 559. The highest BCUT2D eigenvalue weighted by Gasteiger charge is 2.06. The SMILES string of the molecule is CCCNCc1cc(Cl)ccc1OCc1ccc(Br)s1. The topological polar surface area (TPSA) is 21.3 Å². The molecule has 108 valence electrons. The lowest BCUT2D eigenvalue weighted by atomic mass is 10.2. The van der Waals surface area contributed by atoms with Crippen LogP contribution in [0.1, 0.15) is 23.8 Å². The van der Waals surface area contributed by atoms with Gasteiger partial charge in [0, 0.05) is 22.0 Å². The van der Waals surface area contributed by atoms with Crippen molar-refractivity contribution < 1.29 is 4.74 Å². The van der Waals surface area contributed by atoms with E-state index in [2.05, 4.69) is 34.2 Å². The van der Waals surface area contributed by atoms with Gasteiger partial charge in [-0.3, -0.25) is 0 Å². The quantitative estimate of drug-likeness (QED) is 0.669. The largest absolute Gasteiger partial charge is 0.488 e. The van der Waals surface area contributed by atoms with E-state index in [1.54, 1.807) is 11.3 Å². The lowest BCUT2D eigenvalue weighted by Crippen LogP contribution is -2.14. The second-order valence-electron chi connectivity index (χ2n) is 4.42. The van der Waals surface area contributed by atoms with Crippen LogP contribution < -0.4 is 10.1 Å². The Hall–Kier alpha value is -0.550. The van der Waals surface area contributed by atoms with Crippen molar-refractivity contribution in [1.29, 1.82) is 0 Å². The normalized spacial score (nSPS) is 10.8. The lowest BCUT2D eigenvalue weighted by Gasteiger charge is -2.12. The molecule has 0 aliphatic rings. The van der Waals surface area contributed by atoms with Crippen LogP contribution in [0.2, 0.25) is 5.02 Å². The van der Waals surface area contributed by atoms with E-state index in [4.69, 9.17) is 16.3 Å². The van der Waals surface area contributed by atoms with Crippen molar-refractivity contribution in [2.45, 2.75) is 26.5 Å². The molecular formula is C15H17BrClNOS. The van der Waals surface area contributed by atoms with Crippen molar-refractivity contribution in [3.63, 3.8) is 0 Å². The van der Waals surface area contributed by atoms with E-state index >= 15 is 0 Å². The molecular weight excluding hydrogens is 358 g/mol. The van der Waals surface area contributed by atoms with Crippen LogP contribution in [0.3, 0.4) is 0 Å². The summed E-state index contributed by atoms with van der Waals surface area (Å²) in [5.74, 6) is 0.891. The van der Waals surface area contributed by atoms with E-state index in [1.165, 1.54) is 4.88 Å². The van der Waals surface area contributed by atoms with Gasteiger partial charge in [0.05, 0.1) is 3.79 Å². The van der Waals surface area contributed by atoms with Crippen molar-refractivity contribution in [3.8, 4) is 5.75 Å². The summed E-state index contributed by atoms with van der Waals surface area (Å²) < 4.78 is 7.04. The van der Waals surface area contributed by atoms with Crippen LogP contribution in [-0.2, 0) is 13.2 Å². The van der Waals surface area contributed by atoms with E-state index in [9.17, 15) is 0 Å². The molecule has 2 aromatic rings. The van der Waals surface area contributed by atoms with Crippen molar-refractivity contribution in [1.82, 2.24) is 5.32 Å². The third-order valence-electron chi connectivity index (χ3n) is 2.76. The average Bonchev–Trinajstić information content (AvgIpc) is 2.84. The van der Waals surface area contributed by atoms with E-state index in [0.29, 0.717) is 6.61 Å². The van der Waals surface area contributed by atoms with E-state index in [-0.39, 0.29) is 0 Å². The first-order valence-electron chi connectivity index (χ1n) is 6.55. The van der Waals surface area contributed by atoms with Gasteiger partial charge in [-0.05, 0) is 59.2 Å². The van der Waals surface area contributed by atoms with Crippen LogP contribution in [-0.4, -0.2) is 6.54 Å². The maximum absolute atomic E-state index is 6.06. The van der Waals surface area contributed by atoms with Gasteiger partial charge >= 0.3 is 0 Å². The lowest BCUT2D eigenvalue weighted by molar-refractivity contribution is 0.305. The van der Waals surface area contributed by atoms with Crippen LogP contribution in [0, 0.1) is 0 Å². The van der Waals surface area contributed by atoms with Crippen LogP contribution in [0.25, 0.3) is 0 Å². The van der Waals surface area contributed by atoms with Gasteiger partial charge in [0.25, 0.3) is 0 Å². The summed E-state index contributed by atoms with van der Waals surface area (Å²) in [6, 6.07) is 9.87. The molecule has 0 bridgehead atoms. The number of rotatable bonds is 7. The number of thiophene rings is 1. The second-order valence-corrected chi connectivity index (χ2v) is 7.41. The van der Waals surface area contributed by atoms with Crippen molar-refractivity contribution in [2.24, 2.45) is 0 Å². The first-order valence-corrected chi connectivity index (χ1v) is 8.54. The summed E-state index contributed by atoms with van der Waals surface area (Å²) >= 11 is 11.2. The Labute approximate surface area is 137 Å². The van der Waals surface area contributed by atoms with Crippen molar-refractivity contribution in [3.05, 3.63) is 49.6 Å². The standard InChI is InChI=1S/C15H17BrClNOS/c1-2-7-18-9-11-8-12(17)3-5-14(11)19-10-13-4-6-15(16)20-13/h3-6,8,18H,2,7,9-10H2,1H3. The first-order chi connectivity index (χ1) is 9.69. The van der Waals surface area contributed by atoms with Gasteiger partial charge < -0.3 is 10.1 Å². The van der Waals surface area contributed by atoms with Gasteiger partial charge in [-0.2, -0.15) is 0 Å². The predicted molar refractivity (Wildman–Crippen MR) is 89.8 cm³/mol. The fraction of sp³-hybridized carbons (Fsp3) is 0.333. The second kappa shape index (κ2) is 8.03. The highest BCUT2D eigenvalue weighted by atomic mass is 79.9. The molecule has 2 rings (SSSR count). The predicted octanol–water partition coefficient (Wildman–Crippen LogP) is 5.24. The molecule has 0 amide bonds. The highest BCUT2D eigenvalue weighted by molar-refractivity contribution is 9.11. The Balaban J connectivity index is 2.01. The number of hydrogen-bond donors (Lipinski definition) is 1. The smallest absolute Gasteiger partial charge is 0.124 e. The Morgan fingerprint density at radius 3 is 2.85 bits per heavy atom. The molecule has 1 aromatic carbocycles. The third-order valence-corrected chi connectivity index (χ3v) is 4.60. The average molecular weight is 375 g/mol. The van der Waals surface area contributed by atoms with E-state index in [0.717, 1.165) is 39.6 Å². The minimum atomic E-state index is 0.582. The molecule has 0 atom stereocenters. The molecule has 0 fully saturated rings. The Kier molecular flexibility index (Phi) is 6.36. The van der Waals surface area contributed by atoms with Crippen LogP contribution >= 0.6 is 38.9 Å². The number of hydrogen-bond acceptors (Lipinski definition) is 3. The summed E-state index contributed by atoms with van der Waals surface area (Å²) in [5, 5.41) is 4.12. The Morgan fingerprint density at radius 1 is 1.30 bits per heavy atom. The molecule has 0 spiro atoms.